The number of benzene rings is 2. The van der Waals surface area contributed by atoms with Gasteiger partial charge in [-0.3, -0.25) is 9.59 Å². The van der Waals surface area contributed by atoms with Crippen LogP contribution in [-0.4, -0.2) is 33.3 Å². The predicted octanol–water partition coefficient (Wildman–Crippen LogP) is 3.20. The van der Waals surface area contributed by atoms with Crippen LogP contribution in [0.5, 0.6) is 11.5 Å². The molecule has 0 amide bonds. The summed E-state index contributed by atoms with van der Waals surface area (Å²) < 4.78 is 21.5. The molecule has 0 fully saturated rings. The van der Waals surface area contributed by atoms with Crippen LogP contribution in [0.2, 0.25) is 0 Å². The number of aromatic hydroxyl groups is 1. The lowest BCUT2D eigenvalue weighted by Gasteiger charge is -2.11. The molecule has 36 heavy (non-hydrogen) atoms. The van der Waals surface area contributed by atoms with Crippen LogP contribution in [0.1, 0.15) is 5.69 Å². The fourth-order valence-corrected chi connectivity index (χ4v) is 4.18. The summed E-state index contributed by atoms with van der Waals surface area (Å²) in [4.78, 5) is 31.4. The third-order valence-corrected chi connectivity index (χ3v) is 5.97. The van der Waals surface area contributed by atoms with Crippen molar-refractivity contribution in [3.63, 3.8) is 0 Å². The standard InChI is InChI=1S/C26H18FN5O4/c1-36-20-7-6-18(27)23-17(20)10-16(12-28)32(23)9-8-29-21-11-19(30-13-31-21)14-2-4-15(5-3-14)22-24(33)26(35)25(22)34/h2-7,10-11,13,33H,8-9H2,1H3,(H,29,30,31). The molecule has 3 aromatic carbocycles. The molecule has 5 rings (SSSR count). The van der Waals surface area contributed by atoms with Crippen molar-refractivity contribution >= 4 is 16.7 Å². The molecule has 178 valence electrons. The minimum atomic E-state index is -0.878. The average Bonchev–Trinajstić information content (AvgIpc) is 3.29. The Morgan fingerprint density at radius 2 is 1.83 bits per heavy atom. The number of methoxy groups -OCH3 is 1. The molecule has 0 aliphatic heterocycles. The quantitative estimate of drug-likeness (QED) is 0.338. The summed E-state index contributed by atoms with van der Waals surface area (Å²) >= 11 is 0. The van der Waals surface area contributed by atoms with E-state index >= 15 is 0 Å². The lowest BCUT2D eigenvalue weighted by atomic mass is 9.98. The molecule has 5 aromatic rings. The normalized spacial score (nSPS) is 11.0. The van der Waals surface area contributed by atoms with E-state index < -0.39 is 22.4 Å². The number of rotatable bonds is 7. The maximum Gasteiger partial charge on any atom is 0.268 e. The van der Waals surface area contributed by atoms with Gasteiger partial charge in [-0.05, 0) is 23.8 Å². The van der Waals surface area contributed by atoms with Crippen molar-refractivity contribution in [2.24, 2.45) is 0 Å². The number of nitriles is 1. The SMILES string of the molecule is COc1ccc(F)c2c1cc(C#N)n2CCNc1cc(-c2ccc(-c3c(O)c(=O)c3=O)cc2)ncn1. The first-order valence-corrected chi connectivity index (χ1v) is 10.9. The van der Waals surface area contributed by atoms with Gasteiger partial charge in [-0.25, -0.2) is 14.4 Å². The molecular formula is C26H18FN5O4. The molecule has 0 saturated carbocycles. The number of ether oxygens (including phenoxy) is 1. The van der Waals surface area contributed by atoms with E-state index in [4.69, 9.17) is 4.74 Å². The Morgan fingerprint density at radius 3 is 2.53 bits per heavy atom. The monoisotopic (exact) mass is 483 g/mol. The minimum Gasteiger partial charge on any atom is -0.503 e. The summed E-state index contributed by atoms with van der Waals surface area (Å²) in [6, 6.07) is 15.0. The lowest BCUT2D eigenvalue weighted by Crippen LogP contribution is -2.31. The summed E-state index contributed by atoms with van der Waals surface area (Å²) in [5, 5.41) is 22.9. The Kier molecular flexibility index (Phi) is 5.66. The van der Waals surface area contributed by atoms with E-state index in [2.05, 4.69) is 21.4 Å². The predicted molar refractivity (Wildman–Crippen MR) is 131 cm³/mol. The maximum absolute atomic E-state index is 14.6. The summed E-state index contributed by atoms with van der Waals surface area (Å²) in [5.74, 6) is 0.0461. The highest BCUT2D eigenvalue weighted by Crippen LogP contribution is 2.31. The first kappa shape index (κ1) is 22.7. The van der Waals surface area contributed by atoms with Gasteiger partial charge in [0.25, 0.3) is 5.43 Å². The van der Waals surface area contributed by atoms with Crippen LogP contribution >= 0.6 is 0 Å². The van der Waals surface area contributed by atoms with Crippen LogP contribution in [0.4, 0.5) is 10.2 Å². The van der Waals surface area contributed by atoms with Crippen molar-refractivity contribution in [1.29, 1.82) is 5.26 Å². The molecule has 9 nitrogen and oxygen atoms in total. The molecule has 0 bridgehead atoms. The van der Waals surface area contributed by atoms with Gasteiger partial charge in [0.1, 0.15) is 35.5 Å². The molecule has 10 heteroatoms. The molecule has 0 aliphatic carbocycles. The van der Waals surface area contributed by atoms with Crippen LogP contribution in [0.3, 0.4) is 0 Å². The van der Waals surface area contributed by atoms with E-state index in [0.29, 0.717) is 52.5 Å². The number of nitrogens with one attached hydrogen (secondary N) is 1. The van der Waals surface area contributed by atoms with Crippen LogP contribution in [-0.2, 0) is 6.54 Å². The van der Waals surface area contributed by atoms with Gasteiger partial charge in [0.05, 0.1) is 23.9 Å². The Bertz CT molecular complexity index is 1730. The van der Waals surface area contributed by atoms with Crippen LogP contribution in [0.15, 0.2) is 64.4 Å². The molecule has 0 radical (unpaired) electrons. The van der Waals surface area contributed by atoms with Gasteiger partial charge in [-0.2, -0.15) is 5.26 Å². The smallest absolute Gasteiger partial charge is 0.268 e. The van der Waals surface area contributed by atoms with E-state index in [9.17, 15) is 24.3 Å². The lowest BCUT2D eigenvalue weighted by molar-refractivity contribution is 0.419. The van der Waals surface area contributed by atoms with Crippen molar-refractivity contribution in [1.82, 2.24) is 14.5 Å². The summed E-state index contributed by atoms with van der Waals surface area (Å²) in [6.07, 6.45) is 1.39. The Balaban J connectivity index is 1.33. The molecular weight excluding hydrogens is 465 g/mol. The fourth-order valence-electron chi connectivity index (χ4n) is 4.18. The largest absolute Gasteiger partial charge is 0.503 e. The molecule has 0 spiro atoms. The number of hydrogen-bond donors (Lipinski definition) is 2. The molecule has 0 aliphatic rings. The van der Waals surface area contributed by atoms with Gasteiger partial charge in [0.2, 0.25) is 5.43 Å². The molecule has 2 aromatic heterocycles. The molecule has 2 N–H and O–H groups in total. The van der Waals surface area contributed by atoms with E-state index in [0.717, 1.165) is 5.56 Å². The second-order valence-electron chi connectivity index (χ2n) is 7.98. The average molecular weight is 483 g/mol. The van der Waals surface area contributed by atoms with E-state index in [1.54, 1.807) is 41.0 Å². The number of aromatic nitrogens is 3. The zero-order valence-electron chi connectivity index (χ0n) is 18.9. The van der Waals surface area contributed by atoms with Crippen LogP contribution in [0, 0.1) is 17.1 Å². The van der Waals surface area contributed by atoms with Gasteiger partial charge in [-0.1, -0.05) is 24.3 Å². The number of nitrogens with zero attached hydrogens (tertiary/aromatic N) is 4. The van der Waals surface area contributed by atoms with Gasteiger partial charge < -0.3 is 19.7 Å². The van der Waals surface area contributed by atoms with E-state index in [1.807, 2.05) is 0 Å². The second kappa shape index (κ2) is 8.96. The highest BCUT2D eigenvalue weighted by atomic mass is 19.1. The first-order chi connectivity index (χ1) is 17.4. The highest BCUT2D eigenvalue weighted by Gasteiger charge is 2.21. The highest BCUT2D eigenvalue weighted by molar-refractivity contribution is 5.88. The first-order valence-electron chi connectivity index (χ1n) is 10.9. The van der Waals surface area contributed by atoms with Crippen LogP contribution in [0.25, 0.3) is 33.3 Å². The summed E-state index contributed by atoms with van der Waals surface area (Å²) in [5.41, 5.74) is 0.826. The third-order valence-electron chi connectivity index (χ3n) is 5.97. The van der Waals surface area contributed by atoms with Gasteiger partial charge in [0, 0.05) is 30.1 Å². The Morgan fingerprint density at radius 1 is 1.08 bits per heavy atom. The van der Waals surface area contributed by atoms with Gasteiger partial charge in [-0.15, -0.1) is 0 Å². The number of halogens is 1. The Hall–Kier alpha value is -5.04. The zero-order chi connectivity index (χ0) is 25.4. The van der Waals surface area contributed by atoms with Crippen molar-refractivity contribution < 1.29 is 14.2 Å². The minimum absolute atomic E-state index is 0.0138. The van der Waals surface area contributed by atoms with E-state index in [-0.39, 0.29) is 5.56 Å². The van der Waals surface area contributed by atoms with Crippen molar-refractivity contribution in [2.75, 3.05) is 19.0 Å². The fraction of sp³-hybridized carbons (Fsp3) is 0.115. The topological polar surface area (TPSA) is 130 Å². The number of anilines is 1. The van der Waals surface area contributed by atoms with Crippen molar-refractivity contribution in [3.05, 3.63) is 86.8 Å². The molecule has 0 atom stereocenters. The van der Waals surface area contributed by atoms with Crippen molar-refractivity contribution in [2.45, 2.75) is 6.54 Å². The summed E-state index contributed by atoms with van der Waals surface area (Å²) in [6.45, 7) is 0.657. The maximum atomic E-state index is 14.6. The number of fused-ring (bicyclic) bond motifs is 1. The molecule has 0 saturated heterocycles. The molecule has 0 unspecified atom stereocenters. The third kappa shape index (κ3) is 3.73. The second-order valence-corrected chi connectivity index (χ2v) is 7.98. The van der Waals surface area contributed by atoms with Gasteiger partial charge in [0.15, 0.2) is 5.75 Å². The van der Waals surface area contributed by atoms with Crippen molar-refractivity contribution in [3.8, 4) is 40.0 Å². The van der Waals surface area contributed by atoms with Gasteiger partial charge >= 0.3 is 0 Å². The Labute approximate surface area is 203 Å². The molecule has 2 heterocycles. The number of hydrogen-bond acceptors (Lipinski definition) is 8. The van der Waals surface area contributed by atoms with Crippen LogP contribution < -0.4 is 20.9 Å². The zero-order valence-corrected chi connectivity index (χ0v) is 18.9. The summed E-state index contributed by atoms with van der Waals surface area (Å²) in [7, 11) is 1.49. The van der Waals surface area contributed by atoms with E-state index in [1.165, 1.54) is 25.6 Å².